The summed E-state index contributed by atoms with van der Waals surface area (Å²) < 4.78 is 24.0. The van der Waals surface area contributed by atoms with Crippen molar-refractivity contribution in [3.63, 3.8) is 0 Å². The maximum atomic E-state index is 12.0. The van der Waals surface area contributed by atoms with E-state index in [-0.39, 0.29) is 23.0 Å². The molecule has 2 aromatic rings. The summed E-state index contributed by atoms with van der Waals surface area (Å²) in [5.41, 5.74) is 0. The predicted molar refractivity (Wildman–Crippen MR) is 72.9 cm³/mol. The van der Waals surface area contributed by atoms with E-state index >= 15 is 0 Å². The van der Waals surface area contributed by atoms with Gasteiger partial charge >= 0.3 is 0 Å². The van der Waals surface area contributed by atoms with Crippen LogP contribution in [-0.2, 0) is 14.6 Å². The van der Waals surface area contributed by atoms with Gasteiger partial charge in [-0.05, 0) is 19.1 Å². The fourth-order valence-corrected chi connectivity index (χ4v) is 2.82. The van der Waals surface area contributed by atoms with Crippen molar-refractivity contribution in [2.45, 2.75) is 18.2 Å². The largest absolute Gasteiger partial charge is 0.293 e. The van der Waals surface area contributed by atoms with E-state index in [4.69, 9.17) is 0 Å². The summed E-state index contributed by atoms with van der Waals surface area (Å²) in [6.07, 6.45) is -0.148. The lowest BCUT2D eigenvalue weighted by atomic mass is 10.4. The summed E-state index contributed by atoms with van der Waals surface area (Å²) in [5, 5.41) is 8.75. The Morgan fingerprint density at radius 3 is 2.60 bits per heavy atom. The average molecular weight is 294 g/mol. The van der Waals surface area contributed by atoms with Crippen molar-refractivity contribution in [2.24, 2.45) is 0 Å². The molecule has 0 unspecified atom stereocenters. The van der Waals surface area contributed by atoms with Crippen LogP contribution in [0.15, 0.2) is 35.2 Å². The Balaban J connectivity index is 1.93. The van der Waals surface area contributed by atoms with Gasteiger partial charge in [-0.15, -0.1) is 5.10 Å². The van der Waals surface area contributed by atoms with Gasteiger partial charge in [-0.1, -0.05) is 18.2 Å². The molecule has 0 aliphatic carbocycles. The number of hydrogen-bond donors (Lipinski definition) is 2. The topological polar surface area (TPSA) is 105 Å². The van der Waals surface area contributed by atoms with Crippen LogP contribution in [0.3, 0.4) is 0 Å². The van der Waals surface area contributed by atoms with Crippen molar-refractivity contribution in [3.8, 4) is 0 Å². The van der Waals surface area contributed by atoms with Crippen molar-refractivity contribution in [3.05, 3.63) is 36.2 Å². The Morgan fingerprint density at radius 2 is 2.00 bits per heavy atom. The Labute approximate surface area is 116 Å². The molecule has 0 atom stereocenters. The maximum Gasteiger partial charge on any atom is 0.248 e. The van der Waals surface area contributed by atoms with Gasteiger partial charge in [0, 0.05) is 6.42 Å². The van der Waals surface area contributed by atoms with Crippen LogP contribution in [0.2, 0.25) is 0 Å². The van der Waals surface area contributed by atoms with Crippen molar-refractivity contribution in [1.82, 2.24) is 15.2 Å². The zero-order valence-electron chi connectivity index (χ0n) is 10.8. The molecule has 2 rings (SSSR count). The third kappa shape index (κ3) is 3.64. The second-order valence-corrected chi connectivity index (χ2v) is 6.28. The van der Waals surface area contributed by atoms with Crippen LogP contribution >= 0.6 is 0 Å². The molecular weight excluding hydrogens is 280 g/mol. The maximum absolute atomic E-state index is 12.0. The van der Waals surface area contributed by atoms with Crippen molar-refractivity contribution in [1.29, 1.82) is 0 Å². The van der Waals surface area contributed by atoms with E-state index in [0.29, 0.717) is 5.82 Å². The zero-order valence-corrected chi connectivity index (χ0v) is 11.6. The molecule has 106 valence electrons. The summed E-state index contributed by atoms with van der Waals surface area (Å²) in [7, 11) is -3.45. The molecule has 1 aromatic heterocycles. The van der Waals surface area contributed by atoms with Crippen molar-refractivity contribution < 1.29 is 13.2 Å². The molecular formula is C12H14N4O3S. The lowest BCUT2D eigenvalue weighted by Crippen LogP contribution is -2.18. The van der Waals surface area contributed by atoms with E-state index in [1.54, 1.807) is 25.1 Å². The van der Waals surface area contributed by atoms with E-state index in [1.165, 1.54) is 12.1 Å². The van der Waals surface area contributed by atoms with E-state index in [9.17, 15) is 13.2 Å². The third-order valence-corrected chi connectivity index (χ3v) is 4.28. The monoisotopic (exact) mass is 294 g/mol. The lowest BCUT2D eigenvalue weighted by Gasteiger charge is -2.04. The smallest absolute Gasteiger partial charge is 0.248 e. The molecule has 20 heavy (non-hydrogen) atoms. The second-order valence-electron chi connectivity index (χ2n) is 4.17. The second kappa shape index (κ2) is 5.83. The predicted octanol–water partition coefficient (Wildman–Crippen LogP) is 0.916. The van der Waals surface area contributed by atoms with Gasteiger partial charge in [0.2, 0.25) is 11.9 Å². The Kier molecular flexibility index (Phi) is 4.14. The SMILES string of the molecule is Cc1nc(NC(=O)CCS(=O)(=O)c2ccccc2)n[nH]1. The number of aromatic amines is 1. The van der Waals surface area contributed by atoms with Gasteiger partial charge < -0.3 is 0 Å². The molecule has 1 amide bonds. The van der Waals surface area contributed by atoms with Crippen LogP contribution in [0.4, 0.5) is 5.95 Å². The number of nitrogens with one attached hydrogen (secondary N) is 2. The highest BCUT2D eigenvalue weighted by Gasteiger charge is 2.16. The third-order valence-electron chi connectivity index (χ3n) is 2.55. The van der Waals surface area contributed by atoms with Crippen LogP contribution in [0, 0.1) is 6.92 Å². The minimum Gasteiger partial charge on any atom is -0.293 e. The number of anilines is 1. The molecule has 0 aliphatic rings. The molecule has 0 fully saturated rings. The number of nitrogens with zero attached hydrogens (tertiary/aromatic N) is 2. The summed E-state index contributed by atoms with van der Waals surface area (Å²) >= 11 is 0. The first kappa shape index (κ1) is 14.2. The minimum atomic E-state index is -3.45. The summed E-state index contributed by atoms with van der Waals surface area (Å²) in [6.45, 7) is 1.70. The van der Waals surface area contributed by atoms with Crippen LogP contribution < -0.4 is 5.32 Å². The average Bonchev–Trinajstić information content (AvgIpc) is 2.83. The molecule has 0 saturated carbocycles. The van der Waals surface area contributed by atoms with Crippen LogP contribution in [0.1, 0.15) is 12.2 Å². The highest BCUT2D eigenvalue weighted by atomic mass is 32.2. The van der Waals surface area contributed by atoms with Gasteiger partial charge in [0.15, 0.2) is 9.84 Å². The van der Waals surface area contributed by atoms with Gasteiger partial charge in [0.05, 0.1) is 10.6 Å². The number of benzene rings is 1. The van der Waals surface area contributed by atoms with Gasteiger partial charge in [-0.2, -0.15) is 4.98 Å². The number of carbonyl (C=O) groups excluding carboxylic acids is 1. The molecule has 1 heterocycles. The molecule has 2 N–H and O–H groups in total. The number of aromatic nitrogens is 3. The summed E-state index contributed by atoms with van der Waals surface area (Å²) in [4.78, 5) is 15.7. The van der Waals surface area contributed by atoms with Gasteiger partial charge in [0.1, 0.15) is 5.82 Å². The highest BCUT2D eigenvalue weighted by Crippen LogP contribution is 2.11. The summed E-state index contributed by atoms with van der Waals surface area (Å²) in [5.74, 6) is 0.0111. The molecule has 7 nitrogen and oxygen atoms in total. The number of aryl methyl sites for hydroxylation is 1. The first-order valence-corrected chi connectivity index (χ1v) is 7.59. The van der Waals surface area contributed by atoms with Gasteiger partial charge in [-0.25, -0.2) is 8.42 Å². The minimum absolute atomic E-state index is 0.143. The fourth-order valence-electron chi connectivity index (χ4n) is 1.56. The number of carbonyl (C=O) groups is 1. The summed E-state index contributed by atoms with van der Waals surface area (Å²) in [6, 6.07) is 8.03. The van der Waals surface area contributed by atoms with Crippen LogP contribution in [0.5, 0.6) is 0 Å². The zero-order chi connectivity index (χ0) is 14.6. The molecule has 0 spiro atoms. The molecule has 1 aromatic carbocycles. The van der Waals surface area contributed by atoms with Crippen molar-refractivity contribution in [2.75, 3.05) is 11.1 Å². The number of hydrogen-bond acceptors (Lipinski definition) is 5. The normalized spacial score (nSPS) is 11.2. The van der Waals surface area contributed by atoms with E-state index < -0.39 is 15.7 Å². The fraction of sp³-hybridized carbons (Fsp3) is 0.250. The number of sulfone groups is 1. The quantitative estimate of drug-likeness (QED) is 0.853. The molecule has 0 bridgehead atoms. The molecule has 0 aliphatic heterocycles. The van der Waals surface area contributed by atoms with Gasteiger partial charge in [-0.3, -0.25) is 15.2 Å². The first-order valence-electron chi connectivity index (χ1n) is 5.94. The lowest BCUT2D eigenvalue weighted by molar-refractivity contribution is -0.115. The number of rotatable bonds is 5. The van der Waals surface area contributed by atoms with Crippen LogP contribution in [-0.4, -0.2) is 35.3 Å². The Morgan fingerprint density at radius 1 is 1.30 bits per heavy atom. The Bertz CT molecular complexity index is 695. The van der Waals surface area contributed by atoms with E-state index in [2.05, 4.69) is 20.5 Å². The Hall–Kier alpha value is -2.22. The highest BCUT2D eigenvalue weighted by molar-refractivity contribution is 7.91. The standard InChI is InChI=1S/C12H14N4O3S/c1-9-13-12(16-15-9)14-11(17)7-8-20(18,19)10-5-3-2-4-6-10/h2-6H,7-8H2,1H3,(H2,13,14,15,16,17). The van der Waals surface area contributed by atoms with Crippen LogP contribution in [0.25, 0.3) is 0 Å². The molecule has 8 heteroatoms. The molecule has 0 radical (unpaired) electrons. The number of H-pyrrole nitrogens is 1. The molecule has 0 saturated heterocycles. The first-order chi connectivity index (χ1) is 9.47. The van der Waals surface area contributed by atoms with Crippen molar-refractivity contribution >= 4 is 21.7 Å². The van der Waals surface area contributed by atoms with E-state index in [0.717, 1.165) is 0 Å². The van der Waals surface area contributed by atoms with Gasteiger partial charge in [0.25, 0.3) is 0 Å². The number of amides is 1. The van der Waals surface area contributed by atoms with E-state index in [1.807, 2.05) is 0 Å².